The third-order valence-corrected chi connectivity index (χ3v) is 8.14. The maximum atomic E-state index is 9.61. The lowest BCUT2D eigenvalue weighted by molar-refractivity contribution is -0.661. The molecule has 0 amide bonds. The summed E-state index contributed by atoms with van der Waals surface area (Å²) in [7, 11) is 2.16. The fourth-order valence-electron chi connectivity index (χ4n) is 6.64. The van der Waals surface area contributed by atoms with Crippen molar-refractivity contribution < 1.29 is 5.94 Å². The van der Waals surface area contributed by atoms with Crippen LogP contribution in [0.3, 0.4) is 0 Å². The number of hydrogen-bond donors (Lipinski definition) is 0. The second-order valence-electron chi connectivity index (χ2n) is 10.5. The molecule has 2 aliphatic rings. The molecule has 7 rings (SSSR count). The number of aromatic nitrogens is 4. The summed E-state index contributed by atoms with van der Waals surface area (Å²) in [4.78, 5) is 5.15. The molecule has 0 N–H and O–H groups in total. The van der Waals surface area contributed by atoms with Gasteiger partial charge in [0.05, 0.1) is 38.7 Å². The number of benzene rings is 2. The van der Waals surface area contributed by atoms with Crippen molar-refractivity contribution in [2.75, 3.05) is 0 Å². The van der Waals surface area contributed by atoms with Crippen molar-refractivity contribution in [2.24, 2.45) is 7.05 Å². The minimum atomic E-state index is -0.531. The van der Waals surface area contributed by atoms with E-state index in [2.05, 4.69) is 90.0 Å². The summed E-state index contributed by atoms with van der Waals surface area (Å²) >= 11 is 0. The molecule has 0 unspecified atom stereocenters. The Morgan fingerprint density at radius 3 is 2.64 bits per heavy atom. The van der Waals surface area contributed by atoms with Crippen molar-refractivity contribution in [2.45, 2.75) is 64.3 Å². The standard InChI is InChI=1S/C29H31N4/c1-18-14-15-23-26-24(18)27-25(20(16-17-31(27)4)19-10-6-5-7-11-19)29(2,3)33(26)28-30-21-12-8-9-13-22(21)32(23)28/h8-9,12-17,19H,5-7,10-11H2,1-4H3/q+1/i19D. The first-order chi connectivity index (χ1) is 16.3. The fourth-order valence-corrected chi connectivity index (χ4v) is 6.64. The van der Waals surface area contributed by atoms with Crippen LogP contribution in [-0.2, 0) is 12.6 Å². The highest BCUT2D eigenvalue weighted by Gasteiger charge is 2.44. The summed E-state index contributed by atoms with van der Waals surface area (Å²) in [5, 5.41) is 0. The average Bonchev–Trinajstić information content (AvgIpc) is 3.34. The first kappa shape index (κ1) is 18.3. The monoisotopic (exact) mass is 436 g/mol. The van der Waals surface area contributed by atoms with Gasteiger partial charge in [-0.05, 0) is 68.8 Å². The van der Waals surface area contributed by atoms with E-state index >= 15 is 0 Å². The largest absolute Gasteiger partial charge is 0.299 e. The van der Waals surface area contributed by atoms with E-state index in [-0.39, 0.29) is 5.54 Å². The second-order valence-corrected chi connectivity index (χ2v) is 10.5. The van der Waals surface area contributed by atoms with Gasteiger partial charge in [0.2, 0.25) is 11.5 Å². The third-order valence-electron chi connectivity index (χ3n) is 8.14. The van der Waals surface area contributed by atoms with E-state index in [1.165, 1.54) is 45.4 Å². The average molecular weight is 437 g/mol. The number of pyridine rings is 1. The number of fused-ring (bicyclic) bond motifs is 7. The van der Waals surface area contributed by atoms with Crippen molar-refractivity contribution in [1.29, 1.82) is 0 Å². The van der Waals surface area contributed by atoms with Gasteiger partial charge in [-0.3, -0.25) is 8.97 Å². The van der Waals surface area contributed by atoms with Gasteiger partial charge in [0, 0.05) is 7.44 Å². The Hall–Kier alpha value is -3.14. The number of imidazole rings is 2. The lowest BCUT2D eigenvalue weighted by atomic mass is 9.75. The molecule has 0 bridgehead atoms. The Morgan fingerprint density at radius 1 is 1.03 bits per heavy atom. The fraction of sp³-hybridized carbons (Fsp3) is 0.379. The molecule has 4 nitrogen and oxygen atoms in total. The number of nitrogens with zero attached hydrogens (tertiary/aromatic N) is 4. The topological polar surface area (TPSA) is 26.1 Å². The summed E-state index contributed by atoms with van der Waals surface area (Å²) in [6.45, 7) is 6.87. The quantitative estimate of drug-likeness (QED) is 0.280. The molecule has 4 heteroatoms. The van der Waals surface area contributed by atoms with Gasteiger partial charge in [0.1, 0.15) is 7.05 Å². The zero-order valence-electron chi connectivity index (χ0n) is 20.9. The van der Waals surface area contributed by atoms with Gasteiger partial charge < -0.3 is 0 Å². The van der Waals surface area contributed by atoms with Crippen LogP contribution in [0.2, 0.25) is 0 Å². The van der Waals surface area contributed by atoms with Crippen LogP contribution < -0.4 is 4.57 Å². The number of para-hydroxylation sites is 2. The highest BCUT2D eigenvalue weighted by atomic mass is 15.2. The summed E-state index contributed by atoms with van der Waals surface area (Å²) in [6, 6.07) is 15.2. The van der Waals surface area contributed by atoms with E-state index in [0.29, 0.717) is 0 Å². The minimum Gasteiger partial charge on any atom is -0.299 e. The van der Waals surface area contributed by atoms with Crippen LogP contribution in [-0.4, -0.2) is 14.0 Å². The molecule has 2 aromatic carbocycles. The van der Waals surface area contributed by atoms with E-state index in [4.69, 9.17) is 4.98 Å². The summed E-state index contributed by atoms with van der Waals surface area (Å²) in [5.74, 6) is 0.454. The molecule has 0 saturated heterocycles. The summed E-state index contributed by atoms with van der Waals surface area (Å²) < 4.78 is 16.7. The van der Waals surface area contributed by atoms with Crippen LogP contribution in [0, 0.1) is 6.92 Å². The zero-order chi connectivity index (χ0) is 23.4. The Morgan fingerprint density at radius 2 is 1.82 bits per heavy atom. The van der Waals surface area contributed by atoms with Crippen molar-refractivity contribution in [3.63, 3.8) is 0 Å². The molecule has 0 atom stereocenters. The summed E-state index contributed by atoms with van der Waals surface area (Å²) in [5.41, 5.74) is 10.6. The molecule has 3 aromatic heterocycles. The Kier molecular flexibility index (Phi) is 3.59. The van der Waals surface area contributed by atoms with E-state index in [1.54, 1.807) is 0 Å². The van der Waals surface area contributed by atoms with Crippen LogP contribution in [0.25, 0.3) is 39.1 Å². The van der Waals surface area contributed by atoms with Crippen LogP contribution in [0.15, 0.2) is 48.7 Å². The van der Waals surface area contributed by atoms with Crippen LogP contribution in [0.4, 0.5) is 0 Å². The molecular formula is C29H31N4+. The molecule has 0 spiro atoms. The maximum Gasteiger partial charge on any atom is 0.220 e. The van der Waals surface area contributed by atoms with E-state index < -0.39 is 5.89 Å². The van der Waals surface area contributed by atoms with Gasteiger partial charge >= 0.3 is 0 Å². The smallest absolute Gasteiger partial charge is 0.220 e. The Balaban J connectivity index is 1.69. The van der Waals surface area contributed by atoms with E-state index in [9.17, 15) is 1.37 Å². The molecule has 166 valence electrons. The lowest BCUT2D eigenvalue weighted by Crippen LogP contribution is -2.42. The first-order valence-electron chi connectivity index (χ1n) is 12.8. The molecule has 1 aliphatic heterocycles. The second kappa shape index (κ2) is 6.47. The molecule has 1 saturated carbocycles. The predicted octanol–water partition coefficient (Wildman–Crippen LogP) is 6.39. The Labute approximate surface area is 195 Å². The Bertz CT molecular complexity index is 1650. The lowest BCUT2D eigenvalue weighted by Gasteiger charge is -2.37. The van der Waals surface area contributed by atoms with Crippen molar-refractivity contribution >= 4 is 27.8 Å². The molecule has 5 aromatic rings. The van der Waals surface area contributed by atoms with Crippen LogP contribution >= 0.6 is 0 Å². The van der Waals surface area contributed by atoms with E-state index in [1.807, 2.05) is 0 Å². The highest BCUT2D eigenvalue weighted by molar-refractivity contribution is 6.01. The van der Waals surface area contributed by atoms with Crippen molar-refractivity contribution in [3.8, 4) is 11.3 Å². The number of aryl methyl sites for hydroxylation is 2. The van der Waals surface area contributed by atoms with Crippen molar-refractivity contribution in [1.82, 2.24) is 14.0 Å². The van der Waals surface area contributed by atoms with Crippen molar-refractivity contribution in [3.05, 3.63) is 65.4 Å². The van der Waals surface area contributed by atoms with Gasteiger partial charge in [-0.2, -0.15) is 0 Å². The highest BCUT2D eigenvalue weighted by Crippen LogP contribution is 2.50. The molecule has 1 aliphatic carbocycles. The van der Waals surface area contributed by atoms with Gasteiger partial charge in [0.15, 0.2) is 6.20 Å². The first-order valence-corrected chi connectivity index (χ1v) is 12.3. The molecule has 4 heterocycles. The predicted molar refractivity (Wildman–Crippen MR) is 134 cm³/mol. The normalized spacial score (nSPS) is 19.2. The molecular weight excluding hydrogens is 404 g/mol. The zero-order valence-corrected chi connectivity index (χ0v) is 19.9. The molecule has 1 fully saturated rings. The van der Waals surface area contributed by atoms with Gasteiger partial charge in [0.25, 0.3) is 0 Å². The van der Waals surface area contributed by atoms with Crippen LogP contribution in [0.1, 0.15) is 69.9 Å². The number of hydrogen-bond acceptors (Lipinski definition) is 1. The maximum absolute atomic E-state index is 9.61. The van der Waals surface area contributed by atoms with Crippen LogP contribution in [0.5, 0.6) is 0 Å². The third kappa shape index (κ3) is 2.36. The van der Waals surface area contributed by atoms with E-state index in [0.717, 1.165) is 42.5 Å². The summed E-state index contributed by atoms with van der Waals surface area (Å²) in [6.07, 6.45) is 7.58. The van der Waals surface area contributed by atoms with Gasteiger partial charge in [-0.15, -0.1) is 0 Å². The number of rotatable bonds is 1. The van der Waals surface area contributed by atoms with Gasteiger partial charge in [-0.25, -0.2) is 9.55 Å². The van der Waals surface area contributed by atoms with Gasteiger partial charge in [-0.1, -0.05) is 37.5 Å². The SMILES string of the molecule is [2H]C1(c2cc[n+](C)c3c2C(C)(C)n2c4c-3c(C)ccc4n3c4ccccc4nc23)CCCCC1. The molecule has 33 heavy (non-hydrogen) atoms. The minimum absolute atomic E-state index is 0.347. The molecule has 0 radical (unpaired) electrons.